The van der Waals surface area contributed by atoms with Crippen molar-refractivity contribution >= 4 is 17.4 Å². The van der Waals surface area contributed by atoms with Crippen LogP contribution in [0.5, 0.6) is 0 Å². The largest absolute Gasteiger partial charge is 0.416 e. The number of alkyl halides is 3. The van der Waals surface area contributed by atoms with Crippen molar-refractivity contribution in [2.75, 3.05) is 36.4 Å². The molecular formula is C38H43F3N6O. The number of carbonyl (C=O) groups excluding carboxylic acids is 1. The fourth-order valence-electron chi connectivity index (χ4n) is 7.96. The van der Waals surface area contributed by atoms with Crippen molar-refractivity contribution in [2.24, 2.45) is 5.92 Å². The van der Waals surface area contributed by atoms with Crippen LogP contribution >= 0.6 is 0 Å². The van der Waals surface area contributed by atoms with Gasteiger partial charge in [0, 0.05) is 80.4 Å². The van der Waals surface area contributed by atoms with Gasteiger partial charge in [-0.25, -0.2) is 9.78 Å². The Balaban J connectivity index is 0.967. The summed E-state index contributed by atoms with van der Waals surface area (Å²) in [5.74, 6) is 1.71. The molecule has 2 amide bonds. The lowest BCUT2D eigenvalue weighted by atomic mass is 9.96. The van der Waals surface area contributed by atoms with Gasteiger partial charge in [0.1, 0.15) is 5.82 Å². The van der Waals surface area contributed by atoms with Gasteiger partial charge in [-0.3, -0.25) is 9.80 Å². The summed E-state index contributed by atoms with van der Waals surface area (Å²) in [6.07, 6.45) is 12.9. The number of allylic oxidation sites excluding steroid dienone is 4. The number of imidazole rings is 1. The zero-order chi connectivity index (χ0) is 33.3. The van der Waals surface area contributed by atoms with E-state index in [2.05, 4.69) is 57.0 Å². The van der Waals surface area contributed by atoms with Gasteiger partial charge in [-0.1, -0.05) is 48.6 Å². The van der Waals surface area contributed by atoms with E-state index in [1.807, 2.05) is 30.3 Å². The van der Waals surface area contributed by atoms with Gasteiger partial charge in [0.15, 0.2) is 0 Å². The Labute approximate surface area is 280 Å². The number of hydrogen-bond donors (Lipinski definition) is 1. The van der Waals surface area contributed by atoms with Crippen molar-refractivity contribution in [1.82, 2.24) is 19.4 Å². The molecule has 2 bridgehead atoms. The first-order valence-corrected chi connectivity index (χ1v) is 17.1. The smallest absolute Gasteiger partial charge is 0.372 e. The first-order valence-electron chi connectivity index (χ1n) is 17.1. The summed E-state index contributed by atoms with van der Waals surface area (Å²) in [4.78, 5) is 25.3. The van der Waals surface area contributed by atoms with Crippen molar-refractivity contribution in [3.63, 3.8) is 0 Å². The number of hydrogen-bond acceptors (Lipinski definition) is 4. The fourth-order valence-corrected chi connectivity index (χ4v) is 7.96. The zero-order valence-electron chi connectivity index (χ0n) is 27.4. The number of nitrogens with one attached hydrogen (secondary N) is 1. The zero-order valence-corrected chi connectivity index (χ0v) is 27.4. The van der Waals surface area contributed by atoms with Gasteiger partial charge in [0.05, 0.1) is 11.3 Å². The third kappa shape index (κ3) is 6.95. The number of aryl methyl sites for hydroxylation is 1. The van der Waals surface area contributed by atoms with Crippen molar-refractivity contribution in [1.29, 1.82) is 0 Å². The van der Waals surface area contributed by atoms with E-state index in [9.17, 15) is 18.0 Å². The number of para-hydroxylation sites is 1. The third-order valence-corrected chi connectivity index (χ3v) is 10.2. The standard InChI is InChI=1S/C38H43F3N6O/c1-27-42-35-26-44(25-28-9-4-2-5-10-28)22-19-36(35)47(27)34-23-32-17-18-33(24-34)45(32)20-8-21-46(31-11-6-3-7-12-31)37(48)43-30-15-13-29(14-16-30)38(39,40)41/h2-7,9,11-17,28,33-34H,8,10,18-26H2,1H3,(H,43,48)/t28?,33-,34-/m0/s1. The number of aromatic nitrogens is 2. The second-order valence-electron chi connectivity index (χ2n) is 13.4. The average molecular weight is 657 g/mol. The maximum Gasteiger partial charge on any atom is 0.416 e. The number of rotatable bonds is 9. The minimum absolute atomic E-state index is 0.322. The molecule has 10 heteroatoms. The van der Waals surface area contributed by atoms with Crippen molar-refractivity contribution < 1.29 is 18.0 Å². The van der Waals surface area contributed by atoms with Gasteiger partial charge in [0.2, 0.25) is 0 Å². The molecule has 0 spiro atoms. The van der Waals surface area contributed by atoms with E-state index >= 15 is 0 Å². The van der Waals surface area contributed by atoms with E-state index in [1.165, 1.54) is 29.2 Å². The van der Waals surface area contributed by atoms with Crippen LogP contribution in [0.4, 0.5) is 29.3 Å². The lowest BCUT2D eigenvalue weighted by molar-refractivity contribution is -0.137. The van der Waals surface area contributed by atoms with Crippen molar-refractivity contribution in [3.8, 4) is 0 Å². The molecule has 0 saturated carbocycles. The predicted octanol–water partition coefficient (Wildman–Crippen LogP) is 8.12. The Morgan fingerprint density at radius 3 is 2.58 bits per heavy atom. The molecule has 0 radical (unpaired) electrons. The molecule has 1 saturated heterocycles. The maximum absolute atomic E-state index is 13.4. The molecule has 2 aromatic carbocycles. The van der Waals surface area contributed by atoms with Gasteiger partial charge >= 0.3 is 12.2 Å². The molecule has 1 aromatic heterocycles. The molecule has 7 nitrogen and oxygen atoms in total. The van der Waals surface area contributed by atoms with Gasteiger partial charge < -0.3 is 14.8 Å². The number of nitrogens with zero attached hydrogens (tertiary/aromatic N) is 5. The molecule has 252 valence electrons. The maximum atomic E-state index is 13.4. The molecule has 7 rings (SSSR count). The van der Waals surface area contributed by atoms with Crippen LogP contribution in [0.3, 0.4) is 0 Å². The Morgan fingerprint density at radius 1 is 1.04 bits per heavy atom. The van der Waals surface area contributed by atoms with Gasteiger partial charge in [-0.15, -0.1) is 0 Å². The number of urea groups is 1. The summed E-state index contributed by atoms with van der Waals surface area (Å²) >= 11 is 0. The number of anilines is 2. The number of carbonyl (C=O) groups is 1. The van der Waals surface area contributed by atoms with Crippen LogP contribution in [0.25, 0.3) is 0 Å². The lowest BCUT2D eigenvalue weighted by Gasteiger charge is -2.40. The van der Waals surface area contributed by atoms with Gasteiger partial charge in [-0.2, -0.15) is 13.2 Å². The summed E-state index contributed by atoms with van der Waals surface area (Å²) in [6, 6.07) is 14.4. The average Bonchev–Trinajstić information content (AvgIpc) is 3.52. The molecular weight excluding hydrogens is 613 g/mol. The minimum atomic E-state index is -4.43. The monoisotopic (exact) mass is 656 g/mol. The van der Waals surface area contributed by atoms with Crippen LogP contribution in [0.1, 0.15) is 60.9 Å². The van der Waals surface area contributed by atoms with Crippen LogP contribution in [0.2, 0.25) is 0 Å². The molecule has 4 heterocycles. The Bertz CT molecular complexity index is 1690. The molecule has 1 unspecified atom stereocenters. The third-order valence-electron chi connectivity index (χ3n) is 10.2. The molecule has 48 heavy (non-hydrogen) atoms. The molecule has 1 fully saturated rings. The normalized spacial score (nSPS) is 22.0. The van der Waals surface area contributed by atoms with E-state index in [1.54, 1.807) is 4.90 Å². The fraction of sp³-hybridized carbons (Fsp3) is 0.421. The molecule has 1 aliphatic carbocycles. The Kier molecular flexibility index (Phi) is 9.18. The van der Waals surface area contributed by atoms with Crippen LogP contribution in [-0.4, -0.2) is 57.6 Å². The van der Waals surface area contributed by atoms with Crippen LogP contribution in [0, 0.1) is 12.8 Å². The predicted molar refractivity (Wildman–Crippen MR) is 183 cm³/mol. The molecule has 3 atom stereocenters. The van der Waals surface area contributed by atoms with E-state index in [0.29, 0.717) is 30.2 Å². The van der Waals surface area contributed by atoms with Gasteiger partial charge in [0.25, 0.3) is 0 Å². The van der Waals surface area contributed by atoms with E-state index in [4.69, 9.17) is 4.98 Å². The highest BCUT2D eigenvalue weighted by molar-refractivity contribution is 6.01. The topological polar surface area (TPSA) is 56.6 Å². The van der Waals surface area contributed by atoms with Crippen LogP contribution in [-0.2, 0) is 19.1 Å². The van der Waals surface area contributed by atoms with Gasteiger partial charge in [-0.05, 0) is 74.9 Å². The number of amides is 2. The van der Waals surface area contributed by atoms with Crippen LogP contribution in [0.15, 0.2) is 90.7 Å². The summed E-state index contributed by atoms with van der Waals surface area (Å²) in [7, 11) is 0. The van der Waals surface area contributed by atoms with E-state index in [0.717, 1.165) is 88.3 Å². The Morgan fingerprint density at radius 2 is 1.85 bits per heavy atom. The number of piperidine rings is 1. The highest BCUT2D eigenvalue weighted by atomic mass is 19.4. The molecule has 3 aliphatic heterocycles. The second kappa shape index (κ2) is 13.7. The number of benzene rings is 2. The highest BCUT2D eigenvalue weighted by Gasteiger charge is 2.38. The molecule has 1 N–H and O–H groups in total. The summed E-state index contributed by atoms with van der Waals surface area (Å²) in [5.41, 5.74) is 4.36. The van der Waals surface area contributed by atoms with E-state index < -0.39 is 11.7 Å². The Hall–Kier alpha value is -4.31. The summed E-state index contributed by atoms with van der Waals surface area (Å²) in [5, 5.41) is 2.79. The van der Waals surface area contributed by atoms with Crippen LogP contribution < -0.4 is 10.2 Å². The summed E-state index contributed by atoms with van der Waals surface area (Å²) < 4.78 is 41.6. The quantitative estimate of drug-likeness (QED) is 0.253. The van der Waals surface area contributed by atoms with E-state index in [-0.39, 0.29) is 6.03 Å². The molecule has 3 aromatic rings. The second-order valence-corrected chi connectivity index (χ2v) is 13.4. The highest BCUT2D eigenvalue weighted by Crippen LogP contribution is 2.42. The number of fused-ring (bicyclic) bond motifs is 3. The number of halogens is 3. The molecule has 4 aliphatic rings. The lowest BCUT2D eigenvalue weighted by Crippen LogP contribution is -2.41. The van der Waals surface area contributed by atoms with Crippen molar-refractivity contribution in [2.45, 2.75) is 70.3 Å². The SMILES string of the molecule is Cc1nc2c(n1[C@H]1CC3=CC[C@@H](C1)N3CCCN(C(=O)Nc1ccc(C(F)(F)F)cc1)c1ccccc1)CCN(CC1C=CC=CC1)C2. The minimum Gasteiger partial charge on any atom is -0.372 e. The first kappa shape index (κ1) is 32.2. The summed E-state index contributed by atoms with van der Waals surface area (Å²) in [6.45, 7) is 6.55. The first-order chi connectivity index (χ1) is 23.2. The van der Waals surface area contributed by atoms with Crippen molar-refractivity contribution in [3.05, 3.63) is 113 Å².